The molecule has 0 radical (unpaired) electrons. The van der Waals surface area contributed by atoms with Crippen LogP contribution in [0.25, 0.3) is 10.8 Å². The van der Waals surface area contributed by atoms with Crippen LogP contribution in [-0.4, -0.2) is 0 Å². The molecule has 0 amide bonds. The molecule has 0 saturated carbocycles. The SMILES string of the molecule is Cc1cscc1CNCc1ccc2ccccc2c1. The van der Waals surface area contributed by atoms with E-state index in [1.165, 1.54) is 27.5 Å². The van der Waals surface area contributed by atoms with E-state index in [1.54, 1.807) is 11.3 Å². The van der Waals surface area contributed by atoms with Gasteiger partial charge in [-0.05, 0) is 51.2 Å². The Labute approximate surface area is 117 Å². The fourth-order valence-corrected chi connectivity index (χ4v) is 3.12. The molecular formula is C17H17NS. The third kappa shape index (κ3) is 2.86. The van der Waals surface area contributed by atoms with Crippen LogP contribution in [0.3, 0.4) is 0 Å². The van der Waals surface area contributed by atoms with E-state index in [1.807, 2.05) is 0 Å². The third-order valence-corrected chi connectivity index (χ3v) is 4.33. The van der Waals surface area contributed by atoms with Crippen molar-refractivity contribution >= 4 is 22.1 Å². The van der Waals surface area contributed by atoms with Crippen LogP contribution >= 0.6 is 11.3 Å². The molecule has 19 heavy (non-hydrogen) atoms. The first-order chi connectivity index (χ1) is 9.33. The first-order valence-corrected chi connectivity index (χ1v) is 7.47. The Bertz CT molecular complexity index is 684. The molecule has 0 atom stereocenters. The molecule has 1 aromatic heterocycles. The van der Waals surface area contributed by atoms with Crippen LogP contribution in [0, 0.1) is 6.92 Å². The zero-order valence-corrected chi connectivity index (χ0v) is 11.8. The minimum atomic E-state index is 0.917. The molecule has 1 nitrogen and oxygen atoms in total. The molecule has 96 valence electrons. The summed E-state index contributed by atoms with van der Waals surface area (Å²) in [7, 11) is 0. The summed E-state index contributed by atoms with van der Waals surface area (Å²) in [6.07, 6.45) is 0. The molecule has 0 saturated heterocycles. The van der Waals surface area contributed by atoms with E-state index in [0.717, 1.165) is 13.1 Å². The number of aryl methyl sites for hydroxylation is 1. The van der Waals surface area contributed by atoms with E-state index in [4.69, 9.17) is 0 Å². The van der Waals surface area contributed by atoms with Crippen molar-refractivity contribution in [2.75, 3.05) is 0 Å². The Morgan fingerprint density at radius 2 is 1.79 bits per heavy atom. The van der Waals surface area contributed by atoms with Crippen LogP contribution in [0.2, 0.25) is 0 Å². The van der Waals surface area contributed by atoms with Crippen molar-refractivity contribution < 1.29 is 0 Å². The van der Waals surface area contributed by atoms with Crippen molar-refractivity contribution in [1.29, 1.82) is 0 Å². The van der Waals surface area contributed by atoms with Gasteiger partial charge < -0.3 is 5.32 Å². The average Bonchev–Trinajstić information content (AvgIpc) is 2.84. The average molecular weight is 267 g/mol. The molecule has 0 fully saturated rings. The van der Waals surface area contributed by atoms with Crippen LogP contribution in [0.15, 0.2) is 53.2 Å². The molecule has 0 bridgehead atoms. The summed E-state index contributed by atoms with van der Waals surface area (Å²) in [5, 5.41) is 10.6. The molecule has 1 N–H and O–H groups in total. The van der Waals surface area contributed by atoms with Crippen LogP contribution in [0.1, 0.15) is 16.7 Å². The molecule has 0 aliphatic rings. The molecule has 0 spiro atoms. The Balaban J connectivity index is 1.67. The second kappa shape index (κ2) is 5.55. The zero-order valence-electron chi connectivity index (χ0n) is 11.0. The van der Waals surface area contributed by atoms with Crippen molar-refractivity contribution in [3.05, 3.63) is 69.9 Å². The van der Waals surface area contributed by atoms with Crippen molar-refractivity contribution in [1.82, 2.24) is 5.32 Å². The van der Waals surface area contributed by atoms with E-state index in [2.05, 4.69) is 65.5 Å². The maximum atomic E-state index is 3.52. The number of fused-ring (bicyclic) bond motifs is 1. The van der Waals surface area contributed by atoms with Gasteiger partial charge in [0.1, 0.15) is 0 Å². The van der Waals surface area contributed by atoms with Crippen molar-refractivity contribution in [3.63, 3.8) is 0 Å². The van der Waals surface area contributed by atoms with Gasteiger partial charge in [-0.2, -0.15) is 11.3 Å². The van der Waals surface area contributed by atoms with E-state index < -0.39 is 0 Å². The van der Waals surface area contributed by atoms with Gasteiger partial charge in [0.05, 0.1) is 0 Å². The molecular weight excluding hydrogens is 250 g/mol. The lowest BCUT2D eigenvalue weighted by atomic mass is 10.1. The van der Waals surface area contributed by atoms with Gasteiger partial charge in [0.2, 0.25) is 0 Å². The second-order valence-electron chi connectivity index (χ2n) is 4.87. The third-order valence-electron chi connectivity index (χ3n) is 3.42. The van der Waals surface area contributed by atoms with Crippen LogP contribution in [0.5, 0.6) is 0 Å². The minimum absolute atomic E-state index is 0.917. The van der Waals surface area contributed by atoms with Crippen molar-refractivity contribution in [2.24, 2.45) is 0 Å². The highest BCUT2D eigenvalue weighted by atomic mass is 32.1. The van der Waals surface area contributed by atoms with Crippen molar-refractivity contribution in [3.8, 4) is 0 Å². The van der Waals surface area contributed by atoms with Gasteiger partial charge in [0.25, 0.3) is 0 Å². The Kier molecular flexibility index (Phi) is 3.62. The van der Waals surface area contributed by atoms with E-state index >= 15 is 0 Å². The lowest BCUT2D eigenvalue weighted by molar-refractivity contribution is 0.693. The topological polar surface area (TPSA) is 12.0 Å². The van der Waals surface area contributed by atoms with Gasteiger partial charge in [0, 0.05) is 13.1 Å². The summed E-state index contributed by atoms with van der Waals surface area (Å²) in [4.78, 5) is 0. The minimum Gasteiger partial charge on any atom is -0.309 e. The highest BCUT2D eigenvalue weighted by Gasteiger charge is 1.99. The standard InChI is InChI=1S/C17H17NS/c1-13-11-19-12-17(13)10-18-9-14-6-7-15-4-2-3-5-16(15)8-14/h2-8,11-12,18H,9-10H2,1H3. The summed E-state index contributed by atoms with van der Waals surface area (Å²) >= 11 is 1.77. The molecule has 3 rings (SSSR count). The highest BCUT2D eigenvalue weighted by Crippen LogP contribution is 2.16. The highest BCUT2D eigenvalue weighted by molar-refractivity contribution is 7.08. The molecule has 0 aliphatic carbocycles. The maximum absolute atomic E-state index is 3.52. The smallest absolute Gasteiger partial charge is 0.0219 e. The predicted molar refractivity (Wildman–Crippen MR) is 83.5 cm³/mol. The van der Waals surface area contributed by atoms with Gasteiger partial charge in [-0.1, -0.05) is 36.4 Å². The molecule has 3 aromatic rings. The Hall–Kier alpha value is -1.64. The fraction of sp³-hybridized carbons (Fsp3) is 0.176. The summed E-state index contributed by atoms with van der Waals surface area (Å²) in [6.45, 7) is 4.03. The number of rotatable bonds is 4. The molecule has 2 heteroatoms. The van der Waals surface area contributed by atoms with Crippen molar-refractivity contribution in [2.45, 2.75) is 20.0 Å². The first-order valence-electron chi connectivity index (χ1n) is 6.53. The predicted octanol–water partition coefficient (Wildman–Crippen LogP) is 4.50. The van der Waals surface area contributed by atoms with E-state index in [-0.39, 0.29) is 0 Å². The van der Waals surface area contributed by atoms with Gasteiger partial charge >= 0.3 is 0 Å². The lowest BCUT2D eigenvalue weighted by Crippen LogP contribution is -2.12. The fourth-order valence-electron chi connectivity index (χ4n) is 2.26. The lowest BCUT2D eigenvalue weighted by Gasteiger charge is -2.06. The summed E-state index contributed by atoms with van der Waals surface area (Å²) in [5.74, 6) is 0. The number of hydrogen-bond donors (Lipinski definition) is 1. The van der Waals surface area contributed by atoms with Gasteiger partial charge in [-0.25, -0.2) is 0 Å². The monoisotopic (exact) mass is 267 g/mol. The Morgan fingerprint density at radius 1 is 0.947 bits per heavy atom. The number of thiophene rings is 1. The molecule has 0 aliphatic heterocycles. The summed E-state index contributed by atoms with van der Waals surface area (Å²) < 4.78 is 0. The summed E-state index contributed by atoms with van der Waals surface area (Å²) in [6, 6.07) is 15.2. The largest absolute Gasteiger partial charge is 0.309 e. The van der Waals surface area contributed by atoms with Crippen LogP contribution in [-0.2, 0) is 13.1 Å². The van der Waals surface area contributed by atoms with Gasteiger partial charge in [0.15, 0.2) is 0 Å². The van der Waals surface area contributed by atoms with Gasteiger partial charge in [-0.3, -0.25) is 0 Å². The normalized spacial score (nSPS) is 11.0. The zero-order chi connectivity index (χ0) is 13.1. The van der Waals surface area contributed by atoms with Crippen LogP contribution in [0.4, 0.5) is 0 Å². The number of benzene rings is 2. The second-order valence-corrected chi connectivity index (χ2v) is 5.61. The molecule has 2 aromatic carbocycles. The van der Waals surface area contributed by atoms with Gasteiger partial charge in [-0.15, -0.1) is 0 Å². The van der Waals surface area contributed by atoms with Crippen LogP contribution < -0.4 is 5.32 Å². The number of nitrogens with one attached hydrogen (secondary N) is 1. The van der Waals surface area contributed by atoms with E-state index in [0.29, 0.717) is 0 Å². The Morgan fingerprint density at radius 3 is 2.58 bits per heavy atom. The maximum Gasteiger partial charge on any atom is 0.0219 e. The number of hydrogen-bond acceptors (Lipinski definition) is 2. The first kappa shape index (κ1) is 12.4. The summed E-state index contributed by atoms with van der Waals surface area (Å²) in [5.41, 5.74) is 4.13. The molecule has 0 unspecified atom stereocenters. The van der Waals surface area contributed by atoms with E-state index in [9.17, 15) is 0 Å². The quantitative estimate of drug-likeness (QED) is 0.734. The molecule has 1 heterocycles.